The summed E-state index contributed by atoms with van der Waals surface area (Å²) in [6.07, 6.45) is 4.86. The second kappa shape index (κ2) is 6.94. The molecule has 1 rings (SSSR count). The zero-order valence-corrected chi connectivity index (χ0v) is 12.3. The van der Waals surface area contributed by atoms with Gasteiger partial charge in [0.05, 0.1) is 0 Å². The van der Waals surface area contributed by atoms with Gasteiger partial charge in [-0.3, -0.25) is 5.10 Å². The van der Waals surface area contributed by atoms with Gasteiger partial charge in [0, 0.05) is 12.5 Å². The molecule has 0 bridgehead atoms. The molecule has 98 valence electrons. The Kier molecular flexibility index (Phi) is 5.89. The monoisotopic (exact) mass is 255 g/mol. The van der Waals surface area contributed by atoms with Gasteiger partial charge in [-0.15, -0.1) is 0 Å². The second-order valence-electron chi connectivity index (χ2n) is 5.14. The summed E-state index contributed by atoms with van der Waals surface area (Å²) in [6, 6.07) is 0. The molecule has 0 saturated carbocycles. The summed E-state index contributed by atoms with van der Waals surface area (Å²) >= 11 is 5.32. The summed E-state index contributed by atoms with van der Waals surface area (Å²) < 4.78 is 2.95. The van der Waals surface area contributed by atoms with Crippen molar-refractivity contribution >= 4 is 12.2 Å². The van der Waals surface area contributed by atoms with E-state index in [4.69, 9.17) is 12.2 Å². The molecular formula is C13H25N3S. The Labute approximate surface area is 110 Å². The molecule has 1 atom stereocenters. The minimum Gasteiger partial charge on any atom is -0.304 e. The lowest BCUT2D eigenvalue weighted by atomic mass is 9.98. The molecule has 17 heavy (non-hydrogen) atoms. The van der Waals surface area contributed by atoms with E-state index in [1.165, 1.54) is 19.3 Å². The maximum atomic E-state index is 5.32. The van der Waals surface area contributed by atoms with Gasteiger partial charge in [0.2, 0.25) is 0 Å². The smallest absolute Gasteiger partial charge is 0.195 e. The van der Waals surface area contributed by atoms with Crippen LogP contribution >= 0.6 is 12.2 Å². The number of hydrogen-bond donors (Lipinski definition) is 1. The van der Waals surface area contributed by atoms with E-state index in [-0.39, 0.29) is 0 Å². The first-order valence-electron chi connectivity index (χ1n) is 6.75. The average Bonchev–Trinajstić information content (AvgIpc) is 2.62. The van der Waals surface area contributed by atoms with Crippen LogP contribution in [-0.4, -0.2) is 14.8 Å². The van der Waals surface area contributed by atoms with Crippen molar-refractivity contribution in [3.8, 4) is 0 Å². The quantitative estimate of drug-likeness (QED) is 0.738. The molecule has 0 aliphatic carbocycles. The Morgan fingerprint density at radius 2 is 2.06 bits per heavy atom. The predicted molar refractivity (Wildman–Crippen MR) is 74.8 cm³/mol. The summed E-state index contributed by atoms with van der Waals surface area (Å²) in [5, 5.41) is 7.39. The van der Waals surface area contributed by atoms with Crippen LogP contribution in [0.25, 0.3) is 0 Å². The third-order valence-corrected chi connectivity index (χ3v) is 3.41. The van der Waals surface area contributed by atoms with Gasteiger partial charge in [-0.25, -0.2) is 0 Å². The fourth-order valence-electron chi connectivity index (χ4n) is 2.15. The maximum Gasteiger partial charge on any atom is 0.195 e. The summed E-state index contributed by atoms with van der Waals surface area (Å²) in [4.78, 5) is 0. The van der Waals surface area contributed by atoms with Crippen molar-refractivity contribution in [2.24, 2.45) is 5.92 Å². The Hall–Kier alpha value is -0.640. The van der Waals surface area contributed by atoms with Crippen LogP contribution in [0.15, 0.2) is 0 Å². The van der Waals surface area contributed by atoms with Gasteiger partial charge in [-0.2, -0.15) is 5.10 Å². The SMILES string of the molecule is CCCCC(CC)c1n[nH]c(=S)n1CC(C)C. The van der Waals surface area contributed by atoms with Gasteiger partial charge in [-0.05, 0) is 31.0 Å². The zero-order chi connectivity index (χ0) is 12.8. The highest BCUT2D eigenvalue weighted by Gasteiger charge is 2.17. The molecule has 0 amide bonds. The highest BCUT2D eigenvalue weighted by Crippen LogP contribution is 2.24. The third-order valence-electron chi connectivity index (χ3n) is 3.10. The average molecular weight is 255 g/mol. The van der Waals surface area contributed by atoms with Gasteiger partial charge in [-0.1, -0.05) is 40.5 Å². The van der Waals surface area contributed by atoms with Crippen molar-refractivity contribution < 1.29 is 0 Å². The standard InChI is InChI=1S/C13H25N3S/c1-5-7-8-11(6-2)12-14-15-13(17)16(12)9-10(3)4/h10-11H,5-9H2,1-4H3,(H,15,17). The number of hydrogen-bond acceptors (Lipinski definition) is 2. The number of H-pyrrole nitrogens is 1. The van der Waals surface area contributed by atoms with Gasteiger partial charge in [0.1, 0.15) is 5.82 Å². The van der Waals surface area contributed by atoms with Crippen molar-refractivity contribution in [3.05, 3.63) is 10.6 Å². The van der Waals surface area contributed by atoms with Crippen molar-refractivity contribution in [2.45, 2.75) is 65.8 Å². The topological polar surface area (TPSA) is 33.6 Å². The molecule has 1 aromatic rings. The third kappa shape index (κ3) is 3.95. The van der Waals surface area contributed by atoms with Crippen LogP contribution in [0.1, 0.15) is 65.1 Å². The van der Waals surface area contributed by atoms with Crippen molar-refractivity contribution in [2.75, 3.05) is 0 Å². The highest BCUT2D eigenvalue weighted by molar-refractivity contribution is 7.71. The summed E-state index contributed by atoms with van der Waals surface area (Å²) in [5.41, 5.74) is 0. The maximum absolute atomic E-state index is 5.32. The van der Waals surface area contributed by atoms with Crippen LogP contribution in [0.3, 0.4) is 0 Å². The first-order chi connectivity index (χ1) is 8.10. The lowest BCUT2D eigenvalue weighted by molar-refractivity contribution is 0.461. The molecule has 0 spiro atoms. The minimum absolute atomic E-state index is 0.543. The first-order valence-corrected chi connectivity index (χ1v) is 7.16. The molecule has 3 nitrogen and oxygen atoms in total. The van der Waals surface area contributed by atoms with Crippen LogP contribution in [0, 0.1) is 10.7 Å². The van der Waals surface area contributed by atoms with E-state index in [0.717, 1.165) is 23.6 Å². The normalized spacial score (nSPS) is 13.2. The van der Waals surface area contributed by atoms with Gasteiger partial charge in [0.15, 0.2) is 4.77 Å². The van der Waals surface area contributed by atoms with Crippen molar-refractivity contribution in [3.63, 3.8) is 0 Å². The fourth-order valence-corrected chi connectivity index (χ4v) is 2.36. The van der Waals surface area contributed by atoms with E-state index < -0.39 is 0 Å². The predicted octanol–water partition coefficient (Wildman–Crippen LogP) is 4.28. The molecule has 1 unspecified atom stereocenters. The number of aromatic amines is 1. The molecular weight excluding hydrogens is 230 g/mol. The number of nitrogens with zero attached hydrogens (tertiary/aromatic N) is 2. The molecule has 1 aromatic heterocycles. The van der Waals surface area contributed by atoms with Crippen LogP contribution in [0.2, 0.25) is 0 Å². The Morgan fingerprint density at radius 1 is 1.35 bits per heavy atom. The minimum atomic E-state index is 0.543. The van der Waals surface area contributed by atoms with E-state index in [9.17, 15) is 0 Å². The van der Waals surface area contributed by atoms with Crippen LogP contribution < -0.4 is 0 Å². The second-order valence-corrected chi connectivity index (χ2v) is 5.53. The number of aromatic nitrogens is 3. The molecule has 0 aliphatic rings. The zero-order valence-electron chi connectivity index (χ0n) is 11.5. The number of unbranched alkanes of at least 4 members (excludes halogenated alkanes) is 1. The van der Waals surface area contributed by atoms with E-state index in [1.807, 2.05) is 0 Å². The van der Waals surface area contributed by atoms with E-state index >= 15 is 0 Å². The molecule has 0 aliphatic heterocycles. The molecule has 4 heteroatoms. The number of nitrogens with one attached hydrogen (secondary N) is 1. The van der Waals surface area contributed by atoms with E-state index in [2.05, 4.69) is 42.5 Å². The van der Waals surface area contributed by atoms with Crippen molar-refractivity contribution in [1.82, 2.24) is 14.8 Å². The van der Waals surface area contributed by atoms with Gasteiger partial charge >= 0.3 is 0 Å². The Morgan fingerprint density at radius 3 is 2.59 bits per heavy atom. The first kappa shape index (κ1) is 14.4. The molecule has 1 N–H and O–H groups in total. The molecule has 0 aromatic carbocycles. The largest absolute Gasteiger partial charge is 0.304 e. The summed E-state index contributed by atoms with van der Waals surface area (Å²) in [5.74, 6) is 2.29. The summed E-state index contributed by atoms with van der Waals surface area (Å²) in [7, 11) is 0. The van der Waals surface area contributed by atoms with Crippen molar-refractivity contribution in [1.29, 1.82) is 0 Å². The van der Waals surface area contributed by atoms with Crippen LogP contribution in [-0.2, 0) is 6.54 Å². The van der Waals surface area contributed by atoms with E-state index in [0.29, 0.717) is 11.8 Å². The van der Waals surface area contributed by atoms with Gasteiger partial charge in [0.25, 0.3) is 0 Å². The Balaban J connectivity index is 2.90. The molecule has 0 fully saturated rings. The van der Waals surface area contributed by atoms with Crippen LogP contribution in [0.5, 0.6) is 0 Å². The lowest BCUT2D eigenvalue weighted by Crippen LogP contribution is -2.12. The lowest BCUT2D eigenvalue weighted by Gasteiger charge is -2.16. The van der Waals surface area contributed by atoms with Gasteiger partial charge < -0.3 is 4.57 Å². The van der Waals surface area contributed by atoms with Crippen LogP contribution in [0.4, 0.5) is 0 Å². The summed E-state index contributed by atoms with van der Waals surface area (Å²) in [6.45, 7) is 9.86. The Bertz CT molecular complexity index is 378. The van der Waals surface area contributed by atoms with E-state index in [1.54, 1.807) is 0 Å². The molecule has 0 saturated heterocycles. The molecule has 0 radical (unpaired) electrons. The highest BCUT2D eigenvalue weighted by atomic mass is 32.1. The molecule has 1 heterocycles. The number of rotatable bonds is 7. The fraction of sp³-hybridized carbons (Fsp3) is 0.846.